The summed E-state index contributed by atoms with van der Waals surface area (Å²) in [5, 5.41) is 5.41. The highest BCUT2D eigenvalue weighted by molar-refractivity contribution is 5.93. The van der Waals surface area contributed by atoms with Gasteiger partial charge in [-0.05, 0) is 25.1 Å². The monoisotopic (exact) mass is 344 g/mol. The molecule has 1 atom stereocenters. The molecule has 0 bridgehead atoms. The van der Waals surface area contributed by atoms with Crippen LogP contribution in [0, 0.1) is 5.82 Å². The summed E-state index contributed by atoms with van der Waals surface area (Å²) < 4.78 is 18.9. The molecule has 1 aliphatic heterocycles. The van der Waals surface area contributed by atoms with Gasteiger partial charge < -0.3 is 20.3 Å². The van der Waals surface area contributed by atoms with Crippen LogP contribution in [0.1, 0.15) is 6.92 Å². The van der Waals surface area contributed by atoms with Crippen molar-refractivity contribution < 1.29 is 18.7 Å². The lowest BCUT2D eigenvalue weighted by Gasteiger charge is -2.31. The SMILES string of the molecule is CC1CN(C(=O)Nc2ccc(Oc3ccccc3F)nc2)CC(=O)N1. The first-order valence-corrected chi connectivity index (χ1v) is 7.75. The topological polar surface area (TPSA) is 83.6 Å². The molecule has 1 fully saturated rings. The molecule has 1 aliphatic rings. The van der Waals surface area contributed by atoms with E-state index >= 15 is 0 Å². The summed E-state index contributed by atoms with van der Waals surface area (Å²) in [6, 6.07) is 8.64. The Morgan fingerprint density at radius 2 is 2.16 bits per heavy atom. The molecule has 0 aliphatic carbocycles. The van der Waals surface area contributed by atoms with Crippen LogP contribution in [0.4, 0.5) is 14.9 Å². The number of hydrogen-bond acceptors (Lipinski definition) is 4. The van der Waals surface area contributed by atoms with Crippen molar-refractivity contribution in [1.29, 1.82) is 0 Å². The smallest absolute Gasteiger partial charge is 0.322 e. The molecule has 1 aromatic carbocycles. The fourth-order valence-electron chi connectivity index (χ4n) is 2.45. The van der Waals surface area contributed by atoms with E-state index in [0.29, 0.717) is 12.2 Å². The largest absolute Gasteiger partial charge is 0.436 e. The zero-order valence-electron chi connectivity index (χ0n) is 13.5. The predicted octanol–water partition coefficient (Wildman–Crippen LogP) is 2.37. The van der Waals surface area contributed by atoms with Crippen LogP contribution >= 0.6 is 0 Å². The minimum atomic E-state index is -0.487. The van der Waals surface area contributed by atoms with Gasteiger partial charge in [0.1, 0.15) is 6.54 Å². The molecule has 8 heteroatoms. The number of hydrogen-bond donors (Lipinski definition) is 2. The van der Waals surface area contributed by atoms with Crippen molar-refractivity contribution in [2.75, 3.05) is 18.4 Å². The first-order valence-electron chi connectivity index (χ1n) is 7.75. The van der Waals surface area contributed by atoms with Gasteiger partial charge in [0.05, 0.1) is 11.9 Å². The summed E-state index contributed by atoms with van der Waals surface area (Å²) in [5.74, 6) is -0.408. The Labute approximate surface area is 143 Å². The summed E-state index contributed by atoms with van der Waals surface area (Å²) >= 11 is 0. The van der Waals surface area contributed by atoms with Crippen LogP contribution in [0.25, 0.3) is 0 Å². The summed E-state index contributed by atoms with van der Waals surface area (Å²) in [5.41, 5.74) is 0.449. The van der Waals surface area contributed by atoms with Gasteiger partial charge >= 0.3 is 6.03 Å². The second-order valence-corrected chi connectivity index (χ2v) is 5.70. The molecule has 7 nitrogen and oxygen atoms in total. The fraction of sp³-hybridized carbons (Fsp3) is 0.235. The van der Waals surface area contributed by atoms with Crippen molar-refractivity contribution in [2.45, 2.75) is 13.0 Å². The lowest BCUT2D eigenvalue weighted by molar-refractivity contribution is -0.124. The maximum Gasteiger partial charge on any atom is 0.322 e. The van der Waals surface area contributed by atoms with Gasteiger partial charge in [-0.15, -0.1) is 0 Å². The Balaban J connectivity index is 1.61. The Morgan fingerprint density at radius 1 is 1.36 bits per heavy atom. The van der Waals surface area contributed by atoms with E-state index in [0.717, 1.165) is 0 Å². The lowest BCUT2D eigenvalue weighted by atomic mass is 10.2. The fourth-order valence-corrected chi connectivity index (χ4v) is 2.45. The number of pyridine rings is 1. The van der Waals surface area contributed by atoms with E-state index in [4.69, 9.17) is 4.74 Å². The van der Waals surface area contributed by atoms with E-state index in [-0.39, 0.29) is 36.2 Å². The number of piperazine rings is 1. The van der Waals surface area contributed by atoms with Crippen molar-refractivity contribution in [1.82, 2.24) is 15.2 Å². The molecule has 1 saturated heterocycles. The zero-order valence-corrected chi connectivity index (χ0v) is 13.5. The van der Waals surface area contributed by atoms with E-state index in [9.17, 15) is 14.0 Å². The summed E-state index contributed by atoms with van der Waals surface area (Å²) in [7, 11) is 0. The third-order valence-electron chi connectivity index (χ3n) is 3.56. The van der Waals surface area contributed by atoms with Crippen molar-refractivity contribution in [2.24, 2.45) is 0 Å². The maximum atomic E-state index is 13.5. The maximum absolute atomic E-state index is 13.5. The molecule has 3 rings (SSSR count). The highest BCUT2D eigenvalue weighted by atomic mass is 19.1. The van der Waals surface area contributed by atoms with Crippen molar-refractivity contribution in [3.05, 3.63) is 48.4 Å². The van der Waals surface area contributed by atoms with Gasteiger partial charge in [0.25, 0.3) is 0 Å². The lowest BCUT2D eigenvalue weighted by Crippen LogP contribution is -2.55. The number of carbonyl (C=O) groups is 2. The summed E-state index contributed by atoms with van der Waals surface area (Å²) in [6.07, 6.45) is 1.40. The van der Waals surface area contributed by atoms with Crippen molar-refractivity contribution in [3.8, 4) is 11.6 Å². The highest BCUT2D eigenvalue weighted by Gasteiger charge is 2.25. The van der Waals surface area contributed by atoms with Crippen LogP contribution in [0.5, 0.6) is 11.6 Å². The molecule has 25 heavy (non-hydrogen) atoms. The average molecular weight is 344 g/mol. The minimum Gasteiger partial charge on any atom is -0.436 e. The van der Waals surface area contributed by atoms with Crippen LogP contribution in [-0.2, 0) is 4.79 Å². The van der Waals surface area contributed by atoms with Crippen LogP contribution in [-0.4, -0.2) is 41.0 Å². The normalized spacial score (nSPS) is 17.0. The van der Waals surface area contributed by atoms with Crippen molar-refractivity contribution >= 4 is 17.6 Å². The Hall–Kier alpha value is -3.16. The van der Waals surface area contributed by atoms with Crippen LogP contribution < -0.4 is 15.4 Å². The number of carbonyl (C=O) groups excluding carboxylic acids is 2. The molecule has 1 aromatic heterocycles. The molecule has 0 spiro atoms. The van der Waals surface area contributed by atoms with Gasteiger partial charge in [-0.1, -0.05) is 12.1 Å². The molecule has 2 heterocycles. The number of anilines is 1. The molecule has 3 amide bonds. The number of amides is 3. The summed E-state index contributed by atoms with van der Waals surface area (Å²) in [6.45, 7) is 2.27. The van der Waals surface area contributed by atoms with E-state index in [1.165, 1.54) is 29.3 Å². The van der Waals surface area contributed by atoms with E-state index < -0.39 is 5.82 Å². The van der Waals surface area contributed by atoms with Gasteiger partial charge in [0.15, 0.2) is 11.6 Å². The highest BCUT2D eigenvalue weighted by Crippen LogP contribution is 2.23. The predicted molar refractivity (Wildman–Crippen MR) is 88.9 cm³/mol. The Bertz CT molecular complexity index is 782. The number of ether oxygens (including phenoxy) is 1. The molecule has 0 saturated carbocycles. The third kappa shape index (κ3) is 4.23. The number of aromatic nitrogens is 1. The summed E-state index contributed by atoms with van der Waals surface area (Å²) in [4.78, 5) is 29.2. The van der Waals surface area contributed by atoms with Crippen LogP contribution in [0.2, 0.25) is 0 Å². The molecule has 2 N–H and O–H groups in total. The number of urea groups is 1. The van der Waals surface area contributed by atoms with Crippen LogP contribution in [0.15, 0.2) is 42.6 Å². The molecule has 130 valence electrons. The number of rotatable bonds is 3. The van der Waals surface area contributed by atoms with E-state index in [2.05, 4.69) is 15.6 Å². The van der Waals surface area contributed by atoms with Crippen LogP contribution in [0.3, 0.4) is 0 Å². The van der Waals surface area contributed by atoms with Gasteiger partial charge in [0, 0.05) is 18.7 Å². The Morgan fingerprint density at radius 3 is 2.84 bits per heavy atom. The Kier molecular flexibility index (Phi) is 4.78. The van der Waals surface area contributed by atoms with Gasteiger partial charge in [-0.3, -0.25) is 4.79 Å². The molecule has 1 unspecified atom stereocenters. The van der Waals surface area contributed by atoms with Crippen molar-refractivity contribution in [3.63, 3.8) is 0 Å². The second-order valence-electron chi connectivity index (χ2n) is 5.70. The quantitative estimate of drug-likeness (QED) is 0.895. The number of nitrogens with one attached hydrogen (secondary N) is 2. The standard InChI is InChI=1S/C17H17FN4O3/c1-11-9-22(10-15(23)20-11)17(24)21-12-6-7-16(19-8-12)25-14-5-3-2-4-13(14)18/h2-8,11H,9-10H2,1H3,(H,20,23)(H,21,24). The minimum absolute atomic E-state index is 0.0120. The zero-order chi connectivity index (χ0) is 17.8. The first-order chi connectivity index (χ1) is 12.0. The van der Waals surface area contributed by atoms with Gasteiger partial charge in [-0.2, -0.15) is 0 Å². The molecular formula is C17H17FN4O3. The average Bonchev–Trinajstić information content (AvgIpc) is 2.58. The van der Waals surface area contributed by atoms with E-state index in [1.54, 1.807) is 18.2 Å². The number of nitrogens with zero attached hydrogens (tertiary/aromatic N) is 2. The van der Waals surface area contributed by atoms with Gasteiger partial charge in [-0.25, -0.2) is 14.2 Å². The molecule has 0 radical (unpaired) electrons. The third-order valence-corrected chi connectivity index (χ3v) is 3.56. The number of halogens is 1. The first kappa shape index (κ1) is 16.7. The van der Waals surface area contributed by atoms with Gasteiger partial charge in [0.2, 0.25) is 11.8 Å². The molecular weight excluding hydrogens is 327 g/mol. The number of benzene rings is 1. The second kappa shape index (κ2) is 7.16. The number of para-hydroxylation sites is 1. The molecule has 2 aromatic rings. The van der Waals surface area contributed by atoms with E-state index in [1.807, 2.05) is 6.92 Å².